The van der Waals surface area contributed by atoms with Crippen LogP contribution >= 0.6 is 0 Å². The number of hydrogen-bond donors (Lipinski definition) is 1. The summed E-state index contributed by atoms with van der Waals surface area (Å²) in [5, 5.41) is 1.06. The first kappa shape index (κ1) is 14.8. The number of allylic oxidation sites excluding steroid dienone is 2. The molecule has 0 atom stereocenters. The largest absolute Gasteiger partial charge is 0.497 e. The molecular formula is C19H17N3O. The van der Waals surface area contributed by atoms with E-state index in [2.05, 4.69) is 9.97 Å². The third-order valence-electron chi connectivity index (χ3n) is 3.39. The van der Waals surface area contributed by atoms with E-state index in [0.717, 1.165) is 27.9 Å². The lowest BCUT2D eigenvalue weighted by Gasteiger charge is -2.02. The van der Waals surface area contributed by atoms with Crippen LogP contribution in [0.3, 0.4) is 0 Å². The van der Waals surface area contributed by atoms with Crippen molar-refractivity contribution in [1.82, 2.24) is 9.97 Å². The zero-order valence-electron chi connectivity index (χ0n) is 12.8. The lowest BCUT2D eigenvalue weighted by molar-refractivity contribution is 0.415. The molecule has 2 heterocycles. The van der Waals surface area contributed by atoms with Crippen molar-refractivity contribution >= 4 is 28.9 Å². The predicted molar refractivity (Wildman–Crippen MR) is 95.0 cm³/mol. The molecule has 0 bridgehead atoms. The summed E-state index contributed by atoms with van der Waals surface area (Å²) in [5.41, 5.74) is 8.41. The molecule has 3 aromatic rings. The van der Waals surface area contributed by atoms with Crippen LogP contribution in [0.25, 0.3) is 23.1 Å². The van der Waals surface area contributed by atoms with Crippen LogP contribution in [-0.4, -0.2) is 17.1 Å². The standard InChI is InChI=1S/C19H17N3O/c1-23-17-9-10-18-15(12-17)7-8-16(22-18)5-3-2-4-14-6-11-19(20)21-13-14/h2-13H,1H3,(H2,20,21)/b4-2+,5-3+. The van der Waals surface area contributed by atoms with Crippen molar-refractivity contribution in [2.75, 3.05) is 12.8 Å². The Labute approximate surface area is 135 Å². The minimum Gasteiger partial charge on any atom is -0.497 e. The molecule has 0 aliphatic carbocycles. The molecule has 0 saturated heterocycles. The van der Waals surface area contributed by atoms with Gasteiger partial charge in [0.1, 0.15) is 11.6 Å². The van der Waals surface area contributed by atoms with Gasteiger partial charge in [-0.05, 0) is 48.0 Å². The number of anilines is 1. The topological polar surface area (TPSA) is 61.0 Å². The van der Waals surface area contributed by atoms with Crippen LogP contribution in [-0.2, 0) is 0 Å². The maximum absolute atomic E-state index is 5.56. The molecule has 0 aliphatic heterocycles. The molecule has 2 aromatic heterocycles. The number of hydrogen-bond acceptors (Lipinski definition) is 4. The number of fused-ring (bicyclic) bond motifs is 1. The average molecular weight is 303 g/mol. The van der Waals surface area contributed by atoms with Crippen molar-refractivity contribution in [2.24, 2.45) is 0 Å². The van der Waals surface area contributed by atoms with Gasteiger partial charge in [-0.1, -0.05) is 24.3 Å². The second-order valence-electron chi connectivity index (χ2n) is 5.03. The van der Waals surface area contributed by atoms with Crippen LogP contribution in [0.15, 0.2) is 60.8 Å². The van der Waals surface area contributed by atoms with Gasteiger partial charge < -0.3 is 10.5 Å². The zero-order chi connectivity index (χ0) is 16.1. The molecule has 0 spiro atoms. The van der Waals surface area contributed by atoms with E-state index in [1.54, 1.807) is 19.4 Å². The highest BCUT2D eigenvalue weighted by molar-refractivity contribution is 5.81. The Kier molecular flexibility index (Phi) is 4.34. The lowest BCUT2D eigenvalue weighted by Crippen LogP contribution is -1.87. The smallest absolute Gasteiger partial charge is 0.123 e. The normalized spacial score (nSPS) is 11.5. The fraction of sp³-hybridized carbons (Fsp3) is 0.0526. The maximum atomic E-state index is 5.56. The van der Waals surface area contributed by atoms with Crippen LogP contribution in [0.4, 0.5) is 5.82 Å². The van der Waals surface area contributed by atoms with E-state index in [1.807, 2.05) is 60.7 Å². The Balaban J connectivity index is 1.74. The number of pyridine rings is 2. The molecule has 0 saturated carbocycles. The summed E-state index contributed by atoms with van der Waals surface area (Å²) in [6.45, 7) is 0. The van der Waals surface area contributed by atoms with Crippen LogP contribution < -0.4 is 10.5 Å². The third-order valence-corrected chi connectivity index (χ3v) is 3.39. The first-order valence-corrected chi connectivity index (χ1v) is 7.26. The molecule has 0 amide bonds. The van der Waals surface area contributed by atoms with E-state index >= 15 is 0 Å². The molecular weight excluding hydrogens is 286 g/mol. The van der Waals surface area contributed by atoms with Gasteiger partial charge in [0.2, 0.25) is 0 Å². The second kappa shape index (κ2) is 6.75. The number of methoxy groups -OCH3 is 1. The Morgan fingerprint density at radius 2 is 1.87 bits per heavy atom. The second-order valence-corrected chi connectivity index (χ2v) is 5.03. The molecule has 0 aliphatic rings. The number of aromatic nitrogens is 2. The number of benzene rings is 1. The minimum atomic E-state index is 0.523. The molecule has 1 aromatic carbocycles. The number of ether oxygens (including phenoxy) is 1. The van der Waals surface area contributed by atoms with Crippen molar-refractivity contribution in [3.63, 3.8) is 0 Å². The molecule has 2 N–H and O–H groups in total. The summed E-state index contributed by atoms with van der Waals surface area (Å²) in [6.07, 6.45) is 9.57. The van der Waals surface area contributed by atoms with Gasteiger partial charge in [-0.2, -0.15) is 0 Å². The van der Waals surface area contributed by atoms with Crippen molar-refractivity contribution in [2.45, 2.75) is 0 Å². The van der Waals surface area contributed by atoms with E-state index < -0.39 is 0 Å². The lowest BCUT2D eigenvalue weighted by atomic mass is 10.2. The molecule has 4 heteroatoms. The van der Waals surface area contributed by atoms with Gasteiger partial charge in [-0.3, -0.25) is 0 Å². The minimum absolute atomic E-state index is 0.523. The van der Waals surface area contributed by atoms with Gasteiger partial charge in [0.25, 0.3) is 0 Å². The summed E-state index contributed by atoms with van der Waals surface area (Å²) in [5.74, 6) is 1.36. The number of nitrogen functional groups attached to an aromatic ring is 1. The van der Waals surface area contributed by atoms with E-state index in [9.17, 15) is 0 Å². The van der Waals surface area contributed by atoms with Gasteiger partial charge in [0, 0.05) is 11.6 Å². The summed E-state index contributed by atoms with van der Waals surface area (Å²) < 4.78 is 5.22. The summed E-state index contributed by atoms with van der Waals surface area (Å²) in [7, 11) is 1.66. The zero-order valence-corrected chi connectivity index (χ0v) is 12.8. The molecule has 114 valence electrons. The summed E-state index contributed by atoms with van der Waals surface area (Å²) >= 11 is 0. The van der Waals surface area contributed by atoms with Gasteiger partial charge in [0.05, 0.1) is 18.3 Å². The van der Waals surface area contributed by atoms with Crippen LogP contribution in [0.5, 0.6) is 5.75 Å². The fourth-order valence-electron chi connectivity index (χ4n) is 2.18. The van der Waals surface area contributed by atoms with Gasteiger partial charge in [-0.25, -0.2) is 9.97 Å². The summed E-state index contributed by atoms with van der Waals surface area (Å²) in [4.78, 5) is 8.65. The van der Waals surface area contributed by atoms with E-state index in [4.69, 9.17) is 10.5 Å². The number of nitrogens with zero attached hydrogens (tertiary/aromatic N) is 2. The van der Waals surface area contributed by atoms with Gasteiger partial charge in [0.15, 0.2) is 0 Å². The van der Waals surface area contributed by atoms with Crippen LogP contribution in [0, 0.1) is 0 Å². The van der Waals surface area contributed by atoms with Crippen molar-refractivity contribution < 1.29 is 4.74 Å². The van der Waals surface area contributed by atoms with Gasteiger partial charge >= 0.3 is 0 Å². The Morgan fingerprint density at radius 3 is 2.65 bits per heavy atom. The van der Waals surface area contributed by atoms with E-state index in [0.29, 0.717) is 5.82 Å². The molecule has 0 radical (unpaired) electrons. The predicted octanol–water partition coefficient (Wildman–Crippen LogP) is 3.95. The van der Waals surface area contributed by atoms with Crippen molar-refractivity contribution in [3.8, 4) is 5.75 Å². The Morgan fingerprint density at radius 1 is 1.00 bits per heavy atom. The molecule has 23 heavy (non-hydrogen) atoms. The highest BCUT2D eigenvalue weighted by atomic mass is 16.5. The highest BCUT2D eigenvalue weighted by Crippen LogP contribution is 2.19. The Bertz CT molecular complexity index is 867. The van der Waals surface area contributed by atoms with Crippen LogP contribution in [0.1, 0.15) is 11.3 Å². The molecule has 4 nitrogen and oxygen atoms in total. The van der Waals surface area contributed by atoms with Crippen LogP contribution in [0.2, 0.25) is 0 Å². The first-order chi connectivity index (χ1) is 11.2. The molecule has 0 fully saturated rings. The van der Waals surface area contributed by atoms with E-state index in [-0.39, 0.29) is 0 Å². The monoisotopic (exact) mass is 303 g/mol. The van der Waals surface area contributed by atoms with E-state index in [1.165, 1.54) is 0 Å². The SMILES string of the molecule is COc1ccc2nc(/C=C/C=C/c3ccc(N)nc3)ccc2c1. The highest BCUT2D eigenvalue weighted by Gasteiger charge is 1.98. The van der Waals surface area contributed by atoms with Crippen molar-refractivity contribution in [1.29, 1.82) is 0 Å². The maximum Gasteiger partial charge on any atom is 0.123 e. The summed E-state index contributed by atoms with van der Waals surface area (Å²) in [6, 6.07) is 13.6. The van der Waals surface area contributed by atoms with Crippen molar-refractivity contribution in [3.05, 3.63) is 72.1 Å². The number of nitrogens with two attached hydrogens (primary N) is 1. The third kappa shape index (κ3) is 3.74. The molecule has 3 rings (SSSR count). The first-order valence-electron chi connectivity index (χ1n) is 7.26. The fourth-order valence-corrected chi connectivity index (χ4v) is 2.18. The Hall–Kier alpha value is -3.14. The quantitative estimate of drug-likeness (QED) is 0.741. The molecule has 0 unspecified atom stereocenters. The number of rotatable bonds is 4. The van der Waals surface area contributed by atoms with Gasteiger partial charge in [-0.15, -0.1) is 0 Å². The average Bonchev–Trinajstić information content (AvgIpc) is 2.59.